The fraction of sp³-hybridized carbons (Fsp3) is 0.429. The normalized spacial score (nSPS) is 10.8. The molecule has 0 aliphatic heterocycles. The molecule has 0 unspecified atom stereocenters. The van der Waals surface area contributed by atoms with Gasteiger partial charge in [0.05, 0.1) is 0 Å². The molecule has 0 bridgehead atoms. The van der Waals surface area contributed by atoms with Crippen LogP contribution < -0.4 is 10.6 Å². The predicted molar refractivity (Wildman–Crippen MR) is 79.1 cm³/mol. The molecule has 0 spiro atoms. The van der Waals surface area contributed by atoms with Crippen molar-refractivity contribution in [1.29, 1.82) is 0 Å². The second-order valence-corrected chi connectivity index (χ2v) is 5.80. The highest BCUT2D eigenvalue weighted by atomic mass is 35.5. The van der Waals surface area contributed by atoms with Gasteiger partial charge in [0.2, 0.25) is 5.91 Å². The highest BCUT2D eigenvalue weighted by Crippen LogP contribution is 2.19. The first-order chi connectivity index (χ1) is 9.17. The summed E-state index contributed by atoms with van der Waals surface area (Å²) in [6.45, 7) is 6.94. The molecule has 1 rings (SSSR count). The zero-order chi connectivity index (χ0) is 15.3. The van der Waals surface area contributed by atoms with Gasteiger partial charge in [0.1, 0.15) is 12.1 Å². The second-order valence-electron chi connectivity index (χ2n) is 5.36. The van der Waals surface area contributed by atoms with Crippen LogP contribution in [-0.2, 0) is 9.53 Å². The Labute approximate surface area is 123 Å². The highest BCUT2D eigenvalue weighted by molar-refractivity contribution is 6.31. The maximum atomic E-state index is 11.7. The molecule has 0 radical (unpaired) electrons. The minimum Gasteiger partial charge on any atom is -0.444 e. The average molecular weight is 299 g/mol. The number of aryl methyl sites for hydroxylation is 1. The van der Waals surface area contributed by atoms with Crippen molar-refractivity contribution >= 4 is 29.3 Å². The topological polar surface area (TPSA) is 67.4 Å². The Hall–Kier alpha value is -1.75. The standard InChI is InChI=1S/C14H19ClN2O3/c1-9-5-6-10(15)7-11(9)17-12(18)8-16-13(19)20-14(2,3)4/h5-7H,8H2,1-4H3,(H,16,19)(H,17,18). The maximum Gasteiger partial charge on any atom is 0.408 e. The molecule has 6 heteroatoms. The van der Waals surface area contributed by atoms with Crippen LogP contribution in [0.3, 0.4) is 0 Å². The smallest absolute Gasteiger partial charge is 0.408 e. The molecule has 110 valence electrons. The van der Waals surface area contributed by atoms with E-state index in [1.54, 1.807) is 39.0 Å². The third kappa shape index (κ3) is 5.93. The number of ether oxygens (including phenoxy) is 1. The minimum atomic E-state index is -0.629. The zero-order valence-corrected chi connectivity index (χ0v) is 12.8. The van der Waals surface area contributed by atoms with Crippen molar-refractivity contribution in [2.45, 2.75) is 33.3 Å². The first kappa shape index (κ1) is 16.3. The van der Waals surface area contributed by atoms with Crippen LogP contribution in [0.2, 0.25) is 5.02 Å². The summed E-state index contributed by atoms with van der Waals surface area (Å²) in [4.78, 5) is 23.1. The van der Waals surface area contributed by atoms with E-state index in [1.165, 1.54) is 0 Å². The summed E-state index contributed by atoms with van der Waals surface area (Å²) in [5.41, 5.74) is 0.915. The molecule has 20 heavy (non-hydrogen) atoms. The van der Waals surface area contributed by atoms with Gasteiger partial charge in [-0.2, -0.15) is 0 Å². The number of hydrogen-bond acceptors (Lipinski definition) is 3. The van der Waals surface area contributed by atoms with Crippen molar-refractivity contribution < 1.29 is 14.3 Å². The quantitative estimate of drug-likeness (QED) is 0.901. The fourth-order valence-electron chi connectivity index (χ4n) is 1.39. The van der Waals surface area contributed by atoms with Gasteiger partial charge < -0.3 is 15.4 Å². The first-order valence-corrected chi connectivity index (χ1v) is 6.58. The molecule has 5 nitrogen and oxygen atoms in total. The molecular formula is C14H19ClN2O3. The maximum absolute atomic E-state index is 11.7. The van der Waals surface area contributed by atoms with E-state index in [4.69, 9.17) is 16.3 Å². The Morgan fingerprint density at radius 2 is 1.95 bits per heavy atom. The number of alkyl carbamates (subject to hydrolysis) is 1. The largest absolute Gasteiger partial charge is 0.444 e. The van der Waals surface area contributed by atoms with Crippen LogP contribution in [-0.4, -0.2) is 24.1 Å². The van der Waals surface area contributed by atoms with Gasteiger partial charge in [0, 0.05) is 10.7 Å². The summed E-state index contributed by atoms with van der Waals surface area (Å²) >= 11 is 5.86. The fourth-order valence-corrected chi connectivity index (χ4v) is 1.56. The Bertz CT molecular complexity index is 510. The van der Waals surface area contributed by atoms with E-state index in [1.807, 2.05) is 6.92 Å². The molecule has 0 fully saturated rings. The van der Waals surface area contributed by atoms with E-state index < -0.39 is 11.7 Å². The number of rotatable bonds is 3. The van der Waals surface area contributed by atoms with E-state index >= 15 is 0 Å². The SMILES string of the molecule is Cc1ccc(Cl)cc1NC(=O)CNC(=O)OC(C)(C)C. The molecule has 2 amide bonds. The Kier molecular flexibility index (Phi) is 5.39. The van der Waals surface area contributed by atoms with Gasteiger partial charge in [-0.3, -0.25) is 4.79 Å². The van der Waals surface area contributed by atoms with Crippen LogP contribution >= 0.6 is 11.6 Å². The molecule has 0 atom stereocenters. The predicted octanol–water partition coefficient (Wildman–Crippen LogP) is 3.11. The average Bonchev–Trinajstić information content (AvgIpc) is 2.29. The number of carbonyl (C=O) groups is 2. The number of anilines is 1. The Morgan fingerprint density at radius 3 is 2.55 bits per heavy atom. The third-order valence-electron chi connectivity index (χ3n) is 2.27. The van der Waals surface area contributed by atoms with Crippen molar-refractivity contribution in [1.82, 2.24) is 5.32 Å². The van der Waals surface area contributed by atoms with Crippen LogP contribution in [0.15, 0.2) is 18.2 Å². The lowest BCUT2D eigenvalue weighted by atomic mass is 10.2. The molecular weight excluding hydrogens is 280 g/mol. The number of hydrogen-bond donors (Lipinski definition) is 2. The zero-order valence-electron chi connectivity index (χ0n) is 12.0. The molecule has 0 saturated carbocycles. The number of halogens is 1. The summed E-state index contributed by atoms with van der Waals surface area (Å²) in [7, 11) is 0. The van der Waals surface area contributed by atoms with Gasteiger partial charge in [-0.25, -0.2) is 4.79 Å². The molecule has 0 heterocycles. The first-order valence-electron chi connectivity index (χ1n) is 6.20. The lowest BCUT2D eigenvalue weighted by Crippen LogP contribution is -2.37. The van der Waals surface area contributed by atoms with Crippen LogP contribution in [0.5, 0.6) is 0 Å². The molecule has 1 aromatic rings. The van der Waals surface area contributed by atoms with E-state index in [2.05, 4.69) is 10.6 Å². The van der Waals surface area contributed by atoms with Gasteiger partial charge in [-0.05, 0) is 45.4 Å². The van der Waals surface area contributed by atoms with Crippen LogP contribution in [0.25, 0.3) is 0 Å². The van der Waals surface area contributed by atoms with Crippen molar-refractivity contribution in [3.63, 3.8) is 0 Å². The Balaban J connectivity index is 2.48. The van der Waals surface area contributed by atoms with E-state index in [-0.39, 0.29) is 12.5 Å². The molecule has 0 aliphatic carbocycles. The van der Waals surface area contributed by atoms with Crippen LogP contribution in [0, 0.1) is 6.92 Å². The van der Waals surface area contributed by atoms with Gasteiger partial charge in [-0.1, -0.05) is 17.7 Å². The number of nitrogens with one attached hydrogen (secondary N) is 2. The minimum absolute atomic E-state index is 0.166. The number of benzene rings is 1. The summed E-state index contributed by atoms with van der Waals surface area (Å²) < 4.78 is 5.03. The molecule has 0 aromatic heterocycles. The summed E-state index contributed by atoms with van der Waals surface area (Å²) in [5, 5.41) is 5.60. The lowest BCUT2D eigenvalue weighted by molar-refractivity contribution is -0.115. The summed E-state index contributed by atoms with van der Waals surface area (Å²) in [6, 6.07) is 5.20. The molecule has 2 N–H and O–H groups in total. The van der Waals surface area contributed by atoms with Gasteiger partial charge >= 0.3 is 6.09 Å². The third-order valence-corrected chi connectivity index (χ3v) is 2.50. The van der Waals surface area contributed by atoms with Gasteiger partial charge in [-0.15, -0.1) is 0 Å². The summed E-state index contributed by atoms with van der Waals surface area (Å²) in [5.74, 6) is -0.346. The lowest BCUT2D eigenvalue weighted by Gasteiger charge is -2.19. The van der Waals surface area contributed by atoms with Gasteiger partial charge in [0.25, 0.3) is 0 Å². The molecule has 0 aliphatic rings. The number of amides is 2. The van der Waals surface area contributed by atoms with Crippen molar-refractivity contribution in [3.8, 4) is 0 Å². The number of carbonyl (C=O) groups excluding carboxylic acids is 2. The van der Waals surface area contributed by atoms with E-state index in [0.29, 0.717) is 10.7 Å². The molecule has 1 aromatic carbocycles. The van der Waals surface area contributed by atoms with Crippen LogP contribution in [0.1, 0.15) is 26.3 Å². The highest BCUT2D eigenvalue weighted by Gasteiger charge is 2.16. The van der Waals surface area contributed by atoms with Crippen LogP contribution in [0.4, 0.5) is 10.5 Å². The Morgan fingerprint density at radius 1 is 1.30 bits per heavy atom. The monoisotopic (exact) mass is 298 g/mol. The second kappa shape index (κ2) is 6.61. The summed E-state index contributed by atoms with van der Waals surface area (Å²) in [6.07, 6.45) is -0.629. The van der Waals surface area contributed by atoms with Crippen molar-refractivity contribution in [3.05, 3.63) is 28.8 Å². The van der Waals surface area contributed by atoms with Crippen molar-refractivity contribution in [2.24, 2.45) is 0 Å². The molecule has 0 saturated heterocycles. The van der Waals surface area contributed by atoms with E-state index in [0.717, 1.165) is 5.56 Å². The van der Waals surface area contributed by atoms with E-state index in [9.17, 15) is 9.59 Å². The van der Waals surface area contributed by atoms with Gasteiger partial charge in [0.15, 0.2) is 0 Å². The van der Waals surface area contributed by atoms with Crippen molar-refractivity contribution in [2.75, 3.05) is 11.9 Å².